The smallest absolute Gasteiger partial charge is 0.245 e. The number of nitrogens with one attached hydrogen (secondary N) is 1. The van der Waals surface area contributed by atoms with Gasteiger partial charge in [0.1, 0.15) is 0 Å². The lowest BCUT2D eigenvalue weighted by Crippen LogP contribution is -2.46. The molecule has 1 aromatic carbocycles. The Morgan fingerprint density at radius 1 is 1.52 bits per heavy atom. The third-order valence-electron chi connectivity index (χ3n) is 3.47. The van der Waals surface area contributed by atoms with E-state index in [0.717, 1.165) is 17.8 Å². The second-order valence-electron chi connectivity index (χ2n) is 5.32. The van der Waals surface area contributed by atoms with E-state index in [0.29, 0.717) is 18.2 Å². The Labute approximate surface area is 127 Å². The van der Waals surface area contributed by atoms with Crippen LogP contribution in [0.1, 0.15) is 11.3 Å². The van der Waals surface area contributed by atoms with E-state index in [1.54, 1.807) is 0 Å². The number of benzene rings is 1. The zero-order valence-electron chi connectivity index (χ0n) is 11.9. The molecule has 1 aliphatic rings. The zero-order valence-corrected chi connectivity index (χ0v) is 12.7. The SMILES string of the molecule is Cc1csc(NC(=O)CN2CC(N)Cc3ccccc32)n1. The van der Waals surface area contributed by atoms with Crippen molar-refractivity contribution >= 4 is 28.1 Å². The summed E-state index contributed by atoms with van der Waals surface area (Å²) in [4.78, 5) is 18.5. The number of aromatic nitrogens is 1. The molecule has 1 aromatic heterocycles. The number of nitrogens with zero attached hydrogens (tertiary/aromatic N) is 2. The maximum absolute atomic E-state index is 12.2. The lowest BCUT2D eigenvalue weighted by atomic mass is 9.98. The highest BCUT2D eigenvalue weighted by Crippen LogP contribution is 2.26. The number of aryl methyl sites for hydroxylation is 1. The van der Waals surface area contributed by atoms with E-state index in [1.807, 2.05) is 35.4 Å². The quantitative estimate of drug-likeness (QED) is 0.906. The number of thiazole rings is 1. The lowest BCUT2D eigenvalue weighted by Gasteiger charge is -2.34. The summed E-state index contributed by atoms with van der Waals surface area (Å²) in [6.45, 7) is 2.90. The van der Waals surface area contributed by atoms with Gasteiger partial charge in [0.2, 0.25) is 5.91 Å². The van der Waals surface area contributed by atoms with Crippen LogP contribution in [0.4, 0.5) is 10.8 Å². The number of hydrogen-bond acceptors (Lipinski definition) is 5. The summed E-state index contributed by atoms with van der Waals surface area (Å²) in [6, 6.07) is 8.18. The van der Waals surface area contributed by atoms with Crippen LogP contribution in [0.3, 0.4) is 0 Å². The Morgan fingerprint density at radius 3 is 3.10 bits per heavy atom. The Morgan fingerprint density at radius 2 is 2.33 bits per heavy atom. The largest absolute Gasteiger partial charge is 0.360 e. The average molecular weight is 302 g/mol. The van der Waals surface area contributed by atoms with Crippen LogP contribution in [-0.2, 0) is 11.2 Å². The van der Waals surface area contributed by atoms with E-state index in [2.05, 4.69) is 16.4 Å². The van der Waals surface area contributed by atoms with Gasteiger partial charge in [-0.05, 0) is 25.0 Å². The molecule has 110 valence electrons. The number of carbonyl (C=O) groups excluding carboxylic acids is 1. The molecule has 21 heavy (non-hydrogen) atoms. The van der Waals surface area contributed by atoms with E-state index >= 15 is 0 Å². The molecule has 0 saturated carbocycles. The first kappa shape index (κ1) is 14.0. The number of anilines is 2. The predicted molar refractivity (Wildman–Crippen MR) is 85.8 cm³/mol. The fourth-order valence-corrected chi connectivity index (χ4v) is 3.32. The van der Waals surface area contributed by atoms with Crippen LogP contribution in [0, 0.1) is 6.92 Å². The van der Waals surface area contributed by atoms with Gasteiger partial charge in [-0.2, -0.15) is 0 Å². The third kappa shape index (κ3) is 3.22. The van der Waals surface area contributed by atoms with Gasteiger partial charge in [-0.3, -0.25) is 4.79 Å². The van der Waals surface area contributed by atoms with Gasteiger partial charge in [0.25, 0.3) is 0 Å². The van der Waals surface area contributed by atoms with E-state index < -0.39 is 0 Å². The molecule has 3 N–H and O–H groups in total. The summed E-state index contributed by atoms with van der Waals surface area (Å²) >= 11 is 1.44. The standard InChI is InChI=1S/C15H18N4OS/c1-10-9-21-15(17-10)18-14(20)8-19-7-12(16)6-11-4-2-3-5-13(11)19/h2-5,9,12H,6-8,16H2,1H3,(H,17,18,20). The van der Waals surface area contributed by atoms with E-state index in [-0.39, 0.29) is 11.9 Å². The van der Waals surface area contributed by atoms with Crippen molar-refractivity contribution in [3.05, 3.63) is 40.9 Å². The molecule has 2 heterocycles. The van der Waals surface area contributed by atoms with Crippen molar-refractivity contribution in [1.29, 1.82) is 0 Å². The van der Waals surface area contributed by atoms with Crippen LogP contribution < -0.4 is 16.0 Å². The van der Waals surface area contributed by atoms with Crippen molar-refractivity contribution in [1.82, 2.24) is 4.98 Å². The van der Waals surface area contributed by atoms with Gasteiger partial charge in [-0.1, -0.05) is 18.2 Å². The molecule has 1 amide bonds. The van der Waals surface area contributed by atoms with Crippen LogP contribution in [0.25, 0.3) is 0 Å². The van der Waals surface area contributed by atoms with E-state index in [4.69, 9.17) is 5.73 Å². The van der Waals surface area contributed by atoms with Gasteiger partial charge < -0.3 is 16.0 Å². The highest BCUT2D eigenvalue weighted by atomic mass is 32.1. The molecule has 0 saturated heterocycles. The van der Waals surface area contributed by atoms with Gasteiger partial charge in [-0.25, -0.2) is 4.98 Å². The molecule has 1 atom stereocenters. The molecule has 0 fully saturated rings. The molecule has 0 radical (unpaired) electrons. The van der Waals surface area contributed by atoms with Crippen LogP contribution in [0.2, 0.25) is 0 Å². The molecule has 0 spiro atoms. The van der Waals surface area contributed by atoms with E-state index in [9.17, 15) is 4.79 Å². The summed E-state index contributed by atoms with van der Waals surface area (Å²) in [5.74, 6) is -0.0618. The van der Waals surface area contributed by atoms with Crippen molar-refractivity contribution in [2.75, 3.05) is 23.3 Å². The Balaban J connectivity index is 1.71. The summed E-state index contributed by atoms with van der Waals surface area (Å²) in [6.07, 6.45) is 0.861. The fourth-order valence-electron chi connectivity index (χ4n) is 2.61. The summed E-state index contributed by atoms with van der Waals surface area (Å²) in [5, 5.41) is 5.41. The maximum atomic E-state index is 12.2. The number of amides is 1. The van der Waals surface area contributed by atoms with Gasteiger partial charge >= 0.3 is 0 Å². The maximum Gasteiger partial charge on any atom is 0.245 e. The summed E-state index contributed by atoms with van der Waals surface area (Å²) in [5.41, 5.74) is 9.31. The minimum absolute atomic E-state index is 0.0618. The second kappa shape index (κ2) is 5.83. The molecule has 0 bridgehead atoms. The molecular formula is C15H18N4OS. The number of fused-ring (bicyclic) bond motifs is 1. The number of nitrogens with two attached hydrogens (primary N) is 1. The highest BCUT2D eigenvalue weighted by Gasteiger charge is 2.23. The lowest BCUT2D eigenvalue weighted by molar-refractivity contribution is -0.115. The molecule has 6 heteroatoms. The van der Waals surface area contributed by atoms with E-state index in [1.165, 1.54) is 16.9 Å². The van der Waals surface area contributed by atoms with Crippen molar-refractivity contribution < 1.29 is 4.79 Å². The van der Waals surface area contributed by atoms with Gasteiger partial charge in [0.15, 0.2) is 5.13 Å². The Hall–Kier alpha value is -1.92. The number of hydrogen-bond donors (Lipinski definition) is 2. The molecule has 5 nitrogen and oxygen atoms in total. The number of rotatable bonds is 3. The number of carbonyl (C=O) groups is 1. The fraction of sp³-hybridized carbons (Fsp3) is 0.333. The molecular weight excluding hydrogens is 284 g/mol. The predicted octanol–water partition coefficient (Wildman–Crippen LogP) is 1.78. The van der Waals surface area contributed by atoms with Crippen LogP contribution in [0.15, 0.2) is 29.6 Å². The summed E-state index contributed by atoms with van der Waals surface area (Å²) in [7, 11) is 0. The van der Waals surface area contributed by atoms with Crippen LogP contribution in [-0.4, -0.2) is 30.0 Å². The summed E-state index contributed by atoms with van der Waals surface area (Å²) < 4.78 is 0. The monoisotopic (exact) mass is 302 g/mol. The van der Waals surface area contributed by atoms with Crippen molar-refractivity contribution in [3.8, 4) is 0 Å². The first-order valence-electron chi connectivity index (χ1n) is 6.92. The average Bonchev–Trinajstić information content (AvgIpc) is 2.83. The first-order chi connectivity index (χ1) is 10.1. The van der Waals surface area contributed by atoms with Crippen LogP contribution >= 0.6 is 11.3 Å². The van der Waals surface area contributed by atoms with Crippen LogP contribution in [0.5, 0.6) is 0 Å². The Kier molecular flexibility index (Phi) is 3.90. The minimum atomic E-state index is -0.0618. The van der Waals surface area contributed by atoms with Crippen molar-refractivity contribution in [2.24, 2.45) is 5.73 Å². The molecule has 3 rings (SSSR count). The molecule has 0 aliphatic carbocycles. The molecule has 2 aromatic rings. The van der Waals surface area contributed by atoms with Gasteiger partial charge in [0.05, 0.1) is 12.2 Å². The minimum Gasteiger partial charge on any atom is -0.360 e. The molecule has 1 unspecified atom stereocenters. The normalized spacial score (nSPS) is 17.4. The molecule has 1 aliphatic heterocycles. The Bertz CT molecular complexity index is 655. The van der Waals surface area contributed by atoms with Gasteiger partial charge in [0, 0.05) is 23.7 Å². The topological polar surface area (TPSA) is 71.2 Å². The number of para-hydroxylation sites is 1. The third-order valence-corrected chi connectivity index (χ3v) is 4.34. The first-order valence-corrected chi connectivity index (χ1v) is 7.80. The highest BCUT2D eigenvalue weighted by molar-refractivity contribution is 7.13. The van der Waals surface area contributed by atoms with Crippen molar-refractivity contribution in [3.63, 3.8) is 0 Å². The second-order valence-corrected chi connectivity index (χ2v) is 6.17. The zero-order chi connectivity index (χ0) is 14.8. The van der Waals surface area contributed by atoms with Gasteiger partial charge in [-0.15, -0.1) is 11.3 Å². The van der Waals surface area contributed by atoms with Crippen molar-refractivity contribution in [2.45, 2.75) is 19.4 Å².